The van der Waals surface area contributed by atoms with Crippen LogP contribution in [0.15, 0.2) is 0 Å². The lowest BCUT2D eigenvalue weighted by molar-refractivity contribution is -0.116. The topological polar surface area (TPSA) is 46.2 Å². The highest BCUT2D eigenvalue weighted by atomic mass is 19.3. The Morgan fingerprint density at radius 1 is 1.50 bits per heavy atom. The predicted octanol–water partition coefficient (Wildman–Crippen LogP) is 1.27. The monoisotopic (exact) mass is 179 g/mol. The standard InChI is InChI=1S/C8H15F2NO/c1-2-7(12)3-4-8(9,10)5-6(7)11/h6,12H,2-5,11H2,1H3. The van der Waals surface area contributed by atoms with Crippen LogP contribution in [0, 0.1) is 0 Å². The van der Waals surface area contributed by atoms with Crippen molar-refractivity contribution < 1.29 is 13.9 Å². The molecule has 72 valence electrons. The largest absolute Gasteiger partial charge is 0.388 e. The molecule has 0 aromatic heterocycles. The summed E-state index contributed by atoms with van der Waals surface area (Å²) in [4.78, 5) is 0. The molecule has 0 saturated heterocycles. The second-order valence-corrected chi connectivity index (χ2v) is 3.62. The molecule has 1 aliphatic rings. The summed E-state index contributed by atoms with van der Waals surface area (Å²) in [6, 6.07) is -0.786. The molecule has 1 aliphatic carbocycles. The van der Waals surface area contributed by atoms with Crippen molar-refractivity contribution in [1.82, 2.24) is 0 Å². The lowest BCUT2D eigenvalue weighted by Crippen LogP contribution is -2.54. The van der Waals surface area contributed by atoms with Gasteiger partial charge in [0.05, 0.1) is 5.60 Å². The number of alkyl halides is 2. The zero-order valence-corrected chi connectivity index (χ0v) is 7.19. The highest BCUT2D eigenvalue weighted by Gasteiger charge is 2.46. The first-order valence-corrected chi connectivity index (χ1v) is 4.25. The van der Waals surface area contributed by atoms with Crippen LogP contribution in [0.1, 0.15) is 32.6 Å². The third-order valence-electron chi connectivity index (χ3n) is 2.74. The van der Waals surface area contributed by atoms with Gasteiger partial charge in [0.1, 0.15) is 0 Å². The van der Waals surface area contributed by atoms with Gasteiger partial charge in [0, 0.05) is 18.9 Å². The molecular weight excluding hydrogens is 164 g/mol. The Labute approximate surface area is 70.8 Å². The predicted molar refractivity (Wildman–Crippen MR) is 42.0 cm³/mol. The Bertz CT molecular complexity index is 174. The molecule has 0 heterocycles. The highest BCUT2D eigenvalue weighted by Crippen LogP contribution is 2.39. The molecule has 4 heteroatoms. The van der Waals surface area contributed by atoms with Crippen molar-refractivity contribution in [2.24, 2.45) is 5.73 Å². The molecule has 1 fully saturated rings. The van der Waals surface area contributed by atoms with Crippen molar-refractivity contribution in [3.05, 3.63) is 0 Å². The maximum Gasteiger partial charge on any atom is 0.249 e. The SMILES string of the molecule is CCC1(O)CCC(F)(F)CC1N. The minimum absolute atomic E-state index is 0.109. The Morgan fingerprint density at radius 3 is 2.50 bits per heavy atom. The van der Waals surface area contributed by atoms with Gasteiger partial charge in [-0.05, 0) is 12.8 Å². The third kappa shape index (κ3) is 1.75. The maximum absolute atomic E-state index is 12.7. The third-order valence-corrected chi connectivity index (χ3v) is 2.74. The summed E-state index contributed by atoms with van der Waals surface area (Å²) in [5, 5.41) is 9.72. The minimum Gasteiger partial charge on any atom is -0.388 e. The van der Waals surface area contributed by atoms with Gasteiger partial charge in [0.2, 0.25) is 5.92 Å². The van der Waals surface area contributed by atoms with E-state index in [2.05, 4.69) is 0 Å². The second-order valence-electron chi connectivity index (χ2n) is 3.62. The van der Waals surface area contributed by atoms with Gasteiger partial charge in [-0.25, -0.2) is 8.78 Å². The molecule has 12 heavy (non-hydrogen) atoms. The van der Waals surface area contributed by atoms with Gasteiger partial charge in [-0.1, -0.05) is 6.92 Å². The van der Waals surface area contributed by atoms with E-state index in [1.165, 1.54) is 0 Å². The summed E-state index contributed by atoms with van der Waals surface area (Å²) < 4.78 is 25.5. The smallest absolute Gasteiger partial charge is 0.249 e. The lowest BCUT2D eigenvalue weighted by Gasteiger charge is -2.40. The summed E-state index contributed by atoms with van der Waals surface area (Å²) in [6.07, 6.45) is -0.0791. The normalized spacial score (nSPS) is 41.2. The number of nitrogens with two attached hydrogens (primary N) is 1. The number of hydrogen-bond donors (Lipinski definition) is 2. The Hall–Kier alpha value is -0.220. The van der Waals surface area contributed by atoms with E-state index in [0.29, 0.717) is 6.42 Å². The van der Waals surface area contributed by atoms with Crippen LogP contribution >= 0.6 is 0 Å². The Kier molecular flexibility index (Phi) is 2.40. The fourth-order valence-electron chi connectivity index (χ4n) is 1.64. The molecule has 2 atom stereocenters. The summed E-state index contributed by atoms with van der Waals surface area (Å²) >= 11 is 0. The second kappa shape index (κ2) is 2.92. The van der Waals surface area contributed by atoms with Crippen molar-refractivity contribution in [1.29, 1.82) is 0 Å². The van der Waals surface area contributed by atoms with Gasteiger partial charge < -0.3 is 10.8 Å². The number of halogens is 2. The summed E-state index contributed by atoms with van der Waals surface area (Å²) in [7, 11) is 0. The van der Waals surface area contributed by atoms with Crippen LogP contribution in [0.4, 0.5) is 8.78 Å². The van der Waals surface area contributed by atoms with E-state index < -0.39 is 24.0 Å². The van der Waals surface area contributed by atoms with E-state index in [-0.39, 0.29) is 12.8 Å². The molecule has 1 rings (SSSR count). The van der Waals surface area contributed by atoms with Crippen molar-refractivity contribution >= 4 is 0 Å². The zero-order chi connectivity index (χ0) is 9.41. The van der Waals surface area contributed by atoms with Crippen molar-refractivity contribution in [3.63, 3.8) is 0 Å². The molecule has 0 aromatic rings. The Balaban J connectivity index is 2.65. The average Bonchev–Trinajstić information content (AvgIpc) is 1.97. The minimum atomic E-state index is -2.68. The van der Waals surface area contributed by atoms with Crippen molar-refractivity contribution in [3.8, 4) is 0 Å². The number of aliphatic hydroxyl groups is 1. The van der Waals surface area contributed by atoms with Crippen LogP contribution in [0.2, 0.25) is 0 Å². The molecule has 1 saturated carbocycles. The number of hydrogen-bond acceptors (Lipinski definition) is 2. The zero-order valence-electron chi connectivity index (χ0n) is 7.19. The Morgan fingerprint density at radius 2 is 2.08 bits per heavy atom. The van der Waals surface area contributed by atoms with Crippen LogP contribution < -0.4 is 5.73 Å². The molecule has 0 aromatic carbocycles. The fraction of sp³-hybridized carbons (Fsp3) is 1.00. The van der Waals surface area contributed by atoms with Gasteiger partial charge in [0.15, 0.2) is 0 Å². The molecule has 2 nitrogen and oxygen atoms in total. The summed E-state index contributed by atoms with van der Waals surface area (Å²) in [5.41, 5.74) is 4.40. The maximum atomic E-state index is 12.7. The van der Waals surface area contributed by atoms with E-state index in [4.69, 9.17) is 5.73 Å². The molecule has 3 N–H and O–H groups in total. The molecule has 0 bridgehead atoms. The lowest BCUT2D eigenvalue weighted by atomic mass is 9.77. The van der Waals surface area contributed by atoms with E-state index in [1.807, 2.05) is 0 Å². The first-order valence-electron chi connectivity index (χ1n) is 4.25. The molecule has 0 radical (unpaired) electrons. The molecule has 0 aliphatic heterocycles. The first kappa shape index (κ1) is 9.86. The highest BCUT2D eigenvalue weighted by molar-refractivity contribution is 4.97. The van der Waals surface area contributed by atoms with Crippen molar-refractivity contribution in [2.75, 3.05) is 0 Å². The fourth-order valence-corrected chi connectivity index (χ4v) is 1.64. The van der Waals surface area contributed by atoms with Gasteiger partial charge >= 0.3 is 0 Å². The molecular formula is C8H15F2NO. The van der Waals surface area contributed by atoms with Gasteiger partial charge in [0.25, 0.3) is 0 Å². The van der Waals surface area contributed by atoms with Crippen LogP contribution in [-0.2, 0) is 0 Å². The van der Waals surface area contributed by atoms with Gasteiger partial charge in [-0.15, -0.1) is 0 Å². The van der Waals surface area contributed by atoms with E-state index in [1.54, 1.807) is 6.92 Å². The van der Waals surface area contributed by atoms with Crippen molar-refractivity contribution in [2.45, 2.75) is 50.2 Å². The van der Waals surface area contributed by atoms with E-state index >= 15 is 0 Å². The summed E-state index contributed by atoms with van der Waals surface area (Å²) in [5.74, 6) is -2.68. The average molecular weight is 179 g/mol. The van der Waals surface area contributed by atoms with Gasteiger partial charge in [-0.2, -0.15) is 0 Å². The van der Waals surface area contributed by atoms with Crippen LogP contribution in [-0.4, -0.2) is 22.7 Å². The van der Waals surface area contributed by atoms with E-state index in [9.17, 15) is 13.9 Å². The summed E-state index contributed by atoms with van der Waals surface area (Å²) in [6.45, 7) is 1.77. The molecule has 0 amide bonds. The van der Waals surface area contributed by atoms with E-state index in [0.717, 1.165) is 0 Å². The first-order chi connectivity index (χ1) is 5.40. The molecule has 0 spiro atoms. The molecule has 2 unspecified atom stereocenters. The number of rotatable bonds is 1. The van der Waals surface area contributed by atoms with Crippen LogP contribution in [0.3, 0.4) is 0 Å². The van der Waals surface area contributed by atoms with Crippen LogP contribution in [0.25, 0.3) is 0 Å². The van der Waals surface area contributed by atoms with Crippen LogP contribution in [0.5, 0.6) is 0 Å². The van der Waals surface area contributed by atoms with Gasteiger partial charge in [-0.3, -0.25) is 0 Å². The quantitative estimate of drug-likeness (QED) is 0.636.